The number of nitrogen functional groups attached to an aromatic ring is 1. The van der Waals surface area contributed by atoms with E-state index in [1.54, 1.807) is 12.1 Å². The van der Waals surface area contributed by atoms with Gasteiger partial charge in [0.2, 0.25) is 0 Å². The summed E-state index contributed by atoms with van der Waals surface area (Å²) in [5.74, 6) is -1.49. The van der Waals surface area contributed by atoms with Gasteiger partial charge in [-0.3, -0.25) is 14.6 Å². The van der Waals surface area contributed by atoms with Gasteiger partial charge in [-0.05, 0) is 31.2 Å². The molecule has 0 unspecified atom stereocenters. The van der Waals surface area contributed by atoms with E-state index in [0.29, 0.717) is 11.3 Å². The molecule has 2 aromatic rings. The third-order valence-corrected chi connectivity index (χ3v) is 4.10. The fourth-order valence-corrected chi connectivity index (χ4v) is 2.52. The molecule has 0 aliphatic rings. The van der Waals surface area contributed by atoms with Crippen LogP contribution in [0.3, 0.4) is 0 Å². The van der Waals surface area contributed by atoms with Crippen molar-refractivity contribution in [1.29, 1.82) is 0 Å². The quantitative estimate of drug-likeness (QED) is 0.473. The van der Waals surface area contributed by atoms with Crippen molar-refractivity contribution in [3.63, 3.8) is 0 Å². The van der Waals surface area contributed by atoms with E-state index >= 15 is 0 Å². The monoisotopic (exact) mass is 363 g/mol. The molecule has 1 heterocycles. The van der Waals surface area contributed by atoms with Gasteiger partial charge in [-0.1, -0.05) is 11.8 Å². The third kappa shape index (κ3) is 4.51. The van der Waals surface area contributed by atoms with E-state index in [9.17, 15) is 19.5 Å². The molecule has 10 heteroatoms. The molecular formula is C15H15N4O5S-. The van der Waals surface area contributed by atoms with Crippen molar-refractivity contribution in [1.82, 2.24) is 9.97 Å². The molecule has 0 spiro atoms. The van der Waals surface area contributed by atoms with Crippen LogP contribution in [0.5, 0.6) is 5.75 Å². The lowest BCUT2D eigenvalue weighted by molar-refractivity contribution is -0.304. The number of carboxylic acid groups (broad SMARTS) is 1. The number of amides is 1. The Bertz CT molecular complexity index is 850. The van der Waals surface area contributed by atoms with Crippen molar-refractivity contribution in [3.8, 4) is 5.75 Å². The fourth-order valence-electron chi connectivity index (χ4n) is 1.79. The molecule has 9 nitrogen and oxygen atoms in total. The number of carbonyl (C=O) groups excluding carboxylic acids is 2. The minimum atomic E-state index is -1.30. The maximum Gasteiger partial charge on any atom is 0.277 e. The number of nitrogens with one attached hydrogen (secondary N) is 2. The Kier molecular flexibility index (Phi) is 5.65. The minimum absolute atomic E-state index is 0.0154. The summed E-state index contributed by atoms with van der Waals surface area (Å²) in [7, 11) is 1.50. The van der Waals surface area contributed by atoms with E-state index < -0.39 is 22.7 Å². The summed E-state index contributed by atoms with van der Waals surface area (Å²) < 4.78 is 5.00. The molecule has 4 N–H and O–H groups in total. The second kappa shape index (κ2) is 7.71. The third-order valence-electron chi connectivity index (χ3n) is 3.14. The lowest BCUT2D eigenvalue weighted by atomic mass is 10.2. The number of aromatic amines is 1. The predicted molar refractivity (Wildman–Crippen MR) is 90.5 cm³/mol. The average molecular weight is 363 g/mol. The van der Waals surface area contributed by atoms with Crippen molar-refractivity contribution in [3.05, 3.63) is 40.2 Å². The zero-order valence-corrected chi connectivity index (χ0v) is 14.2. The SMILES string of the molecule is COc1ccc(C(=O)Nc2c(N)nc(S[C@H](C)C(=O)[O-])[nH]c2=O)cc1. The van der Waals surface area contributed by atoms with Gasteiger partial charge in [0.05, 0.1) is 13.1 Å². The van der Waals surface area contributed by atoms with Gasteiger partial charge in [0.15, 0.2) is 11.0 Å². The van der Waals surface area contributed by atoms with E-state index in [0.717, 1.165) is 11.8 Å². The average Bonchev–Trinajstić information content (AvgIpc) is 2.58. The van der Waals surface area contributed by atoms with Gasteiger partial charge in [0, 0.05) is 10.8 Å². The second-order valence-corrected chi connectivity index (χ2v) is 6.22. The number of carbonyl (C=O) groups is 2. The molecule has 0 aliphatic carbocycles. The van der Waals surface area contributed by atoms with Crippen LogP contribution < -0.4 is 26.5 Å². The van der Waals surface area contributed by atoms with Gasteiger partial charge in [0.25, 0.3) is 11.5 Å². The molecule has 0 radical (unpaired) electrons. The number of nitrogens with two attached hydrogens (primary N) is 1. The van der Waals surface area contributed by atoms with Crippen LogP contribution in [-0.2, 0) is 4.79 Å². The molecule has 1 aromatic heterocycles. The van der Waals surface area contributed by atoms with Crippen LogP contribution >= 0.6 is 11.8 Å². The molecule has 1 atom stereocenters. The van der Waals surface area contributed by atoms with Gasteiger partial charge in [0.1, 0.15) is 11.4 Å². The van der Waals surface area contributed by atoms with Crippen LogP contribution in [0.1, 0.15) is 17.3 Å². The first-order chi connectivity index (χ1) is 11.8. The van der Waals surface area contributed by atoms with Gasteiger partial charge >= 0.3 is 0 Å². The van der Waals surface area contributed by atoms with Crippen LogP contribution in [0.4, 0.5) is 11.5 Å². The van der Waals surface area contributed by atoms with Crippen LogP contribution in [-0.4, -0.2) is 34.2 Å². The van der Waals surface area contributed by atoms with Crippen LogP contribution in [0.2, 0.25) is 0 Å². The highest BCUT2D eigenvalue weighted by molar-refractivity contribution is 8.00. The fraction of sp³-hybridized carbons (Fsp3) is 0.200. The number of nitrogens with zero attached hydrogens (tertiary/aromatic N) is 1. The Morgan fingerprint density at radius 2 is 2.00 bits per heavy atom. The first kappa shape index (κ1) is 18.3. The minimum Gasteiger partial charge on any atom is -0.549 e. The molecule has 0 saturated heterocycles. The van der Waals surface area contributed by atoms with Gasteiger partial charge in [-0.25, -0.2) is 4.98 Å². The Morgan fingerprint density at radius 3 is 2.52 bits per heavy atom. The second-order valence-electron chi connectivity index (χ2n) is 4.89. The summed E-state index contributed by atoms with van der Waals surface area (Å²) in [6.07, 6.45) is 0. The van der Waals surface area contributed by atoms with E-state index in [1.165, 1.54) is 26.2 Å². The molecular weight excluding hydrogens is 348 g/mol. The number of rotatable bonds is 6. The van der Waals surface area contributed by atoms with Crippen LogP contribution in [0.15, 0.2) is 34.2 Å². The number of methoxy groups -OCH3 is 1. The maximum absolute atomic E-state index is 12.2. The van der Waals surface area contributed by atoms with E-state index in [4.69, 9.17) is 10.5 Å². The maximum atomic E-state index is 12.2. The summed E-state index contributed by atoms with van der Waals surface area (Å²) in [5, 5.41) is 12.2. The first-order valence-corrected chi connectivity index (χ1v) is 7.92. The highest BCUT2D eigenvalue weighted by atomic mass is 32.2. The molecule has 1 amide bonds. The van der Waals surface area contributed by atoms with Crippen molar-refractivity contribution in [2.75, 3.05) is 18.2 Å². The summed E-state index contributed by atoms with van der Waals surface area (Å²) in [6, 6.07) is 6.25. The number of carboxylic acids is 1. The number of aliphatic carboxylic acids is 1. The van der Waals surface area contributed by atoms with E-state index in [2.05, 4.69) is 15.3 Å². The summed E-state index contributed by atoms with van der Waals surface area (Å²) in [5.41, 5.74) is 5.09. The van der Waals surface area contributed by atoms with Crippen molar-refractivity contribution in [2.24, 2.45) is 0 Å². The number of ether oxygens (including phenoxy) is 1. The van der Waals surface area contributed by atoms with Crippen molar-refractivity contribution < 1.29 is 19.4 Å². The smallest absolute Gasteiger partial charge is 0.277 e. The summed E-state index contributed by atoms with van der Waals surface area (Å²) in [6.45, 7) is 1.38. The van der Waals surface area contributed by atoms with Gasteiger partial charge in [-0.2, -0.15) is 0 Å². The Balaban J connectivity index is 2.20. The number of aromatic nitrogens is 2. The molecule has 0 bridgehead atoms. The highest BCUT2D eigenvalue weighted by Gasteiger charge is 2.15. The summed E-state index contributed by atoms with van der Waals surface area (Å²) in [4.78, 5) is 41.3. The predicted octanol–water partition coefficient (Wildman–Crippen LogP) is -0.157. The number of benzene rings is 1. The Morgan fingerprint density at radius 1 is 1.36 bits per heavy atom. The highest BCUT2D eigenvalue weighted by Crippen LogP contribution is 2.21. The molecule has 132 valence electrons. The van der Waals surface area contributed by atoms with Crippen molar-refractivity contribution >= 4 is 35.1 Å². The van der Waals surface area contributed by atoms with Crippen molar-refractivity contribution in [2.45, 2.75) is 17.3 Å². The Labute approximate surface area is 146 Å². The molecule has 0 aliphatic heterocycles. The van der Waals surface area contributed by atoms with E-state index in [-0.39, 0.29) is 16.7 Å². The number of anilines is 2. The molecule has 0 fully saturated rings. The summed E-state index contributed by atoms with van der Waals surface area (Å²) >= 11 is 0.773. The zero-order valence-electron chi connectivity index (χ0n) is 13.4. The van der Waals surface area contributed by atoms with Gasteiger partial charge in [-0.15, -0.1) is 0 Å². The lowest BCUT2D eigenvalue weighted by Gasteiger charge is -2.12. The largest absolute Gasteiger partial charge is 0.549 e. The van der Waals surface area contributed by atoms with E-state index in [1.807, 2.05) is 0 Å². The number of hydrogen-bond acceptors (Lipinski definition) is 8. The number of hydrogen-bond donors (Lipinski definition) is 3. The normalized spacial score (nSPS) is 11.6. The number of thioether (sulfide) groups is 1. The van der Waals surface area contributed by atoms with Crippen LogP contribution in [0.25, 0.3) is 0 Å². The first-order valence-electron chi connectivity index (χ1n) is 7.04. The topological polar surface area (TPSA) is 150 Å². The molecule has 0 saturated carbocycles. The standard InChI is InChI=1S/C15H16N4O5S/c1-7(14(22)23)25-15-18-11(16)10(13(21)19-15)17-12(20)8-3-5-9(24-2)6-4-8/h3-7H,1-2H3,(H,17,20)(H,22,23)(H3,16,18,19,21)/p-1/t7-/m1/s1. The lowest BCUT2D eigenvalue weighted by Crippen LogP contribution is -2.31. The molecule has 1 aromatic carbocycles. The van der Waals surface area contributed by atoms with Gasteiger partial charge < -0.3 is 25.7 Å². The zero-order chi connectivity index (χ0) is 18.6. The molecule has 25 heavy (non-hydrogen) atoms. The number of H-pyrrole nitrogens is 1. The van der Waals surface area contributed by atoms with Crippen LogP contribution in [0, 0.1) is 0 Å². The molecule has 2 rings (SSSR count). The Hall–Kier alpha value is -3.01.